The molecule has 0 radical (unpaired) electrons. The van der Waals surface area contributed by atoms with Gasteiger partial charge in [0, 0.05) is 6.54 Å². The summed E-state index contributed by atoms with van der Waals surface area (Å²) in [7, 11) is 0. The van der Waals surface area contributed by atoms with Crippen LogP contribution in [0.5, 0.6) is 0 Å². The SMILES string of the molecule is Cc1coc(N2CCCC(F)C2)n1. The minimum atomic E-state index is -0.735. The third-order valence-electron chi connectivity index (χ3n) is 2.24. The fourth-order valence-electron chi connectivity index (χ4n) is 1.59. The molecule has 0 spiro atoms. The van der Waals surface area contributed by atoms with Gasteiger partial charge in [0.2, 0.25) is 0 Å². The van der Waals surface area contributed by atoms with Crippen molar-refractivity contribution in [3.63, 3.8) is 0 Å². The number of nitrogens with zero attached hydrogens (tertiary/aromatic N) is 2. The molecule has 1 atom stereocenters. The Morgan fingerprint density at radius 1 is 1.69 bits per heavy atom. The highest BCUT2D eigenvalue weighted by Gasteiger charge is 2.21. The number of oxazole rings is 1. The number of aromatic nitrogens is 1. The van der Waals surface area contributed by atoms with Gasteiger partial charge in [-0.15, -0.1) is 0 Å². The van der Waals surface area contributed by atoms with Crippen LogP contribution in [0.1, 0.15) is 18.5 Å². The smallest absolute Gasteiger partial charge is 0.297 e. The number of hydrogen-bond acceptors (Lipinski definition) is 3. The lowest BCUT2D eigenvalue weighted by Gasteiger charge is -2.27. The van der Waals surface area contributed by atoms with Crippen molar-refractivity contribution in [1.82, 2.24) is 4.98 Å². The second-order valence-electron chi connectivity index (χ2n) is 3.46. The monoisotopic (exact) mass is 184 g/mol. The van der Waals surface area contributed by atoms with Crippen molar-refractivity contribution in [2.75, 3.05) is 18.0 Å². The molecule has 1 saturated heterocycles. The fourth-order valence-corrected chi connectivity index (χ4v) is 1.59. The van der Waals surface area contributed by atoms with Gasteiger partial charge in [-0.1, -0.05) is 0 Å². The molecule has 1 aliphatic rings. The second-order valence-corrected chi connectivity index (χ2v) is 3.46. The van der Waals surface area contributed by atoms with Gasteiger partial charge < -0.3 is 9.32 Å². The molecule has 0 bridgehead atoms. The summed E-state index contributed by atoms with van der Waals surface area (Å²) in [4.78, 5) is 6.02. The normalized spacial score (nSPS) is 23.5. The van der Waals surface area contributed by atoms with Crippen LogP contribution in [0.3, 0.4) is 0 Å². The van der Waals surface area contributed by atoms with Gasteiger partial charge in [0.1, 0.15) is 12.4 Å². The second kappa shape index (κ2) is 3.36. The Balaban J connectivity index is 2.08. The van der Waals surface area contributed by atoms with Crippen molar-refractivity contribution in [3.8, 4) is 0 Å². The summed E-state index contributed by atoms with van der Waals surface area (Å²) in [6.07, 6.45) is 2.40. The topological polar surface area (TPSA) is 29.3 Å². The van der Waals surface area contributed by atoms with Crippen molar-refractivity contribution in [2.45, 2.75) is 25.9 Å². The van der Waals surface area contributed by atoms with Crippen molar-refractivity contribution in [3.05, 3.63) is 12.0 Å². The summed E-state index contributed by atoms with van der Waals surface area (Å²) in [5.41, 5.74) is 0.844. The van der Waals surface area contributed by atoms with E-state index in [9.17, 15) is 4.39 Å². The molecule has 2 rings (SSSR count). The highest BCUT2D eigenvalue weighted by atomic mass is 19.1. The molecule has 1 unspecified atom stereocenters. The van der Waals surface area contributed by atoms with Crippen LogP contribution in [0.2, 0.25) is 0 Å². The van der Waals surface area contributed by atoms with Gasteiger partial charge in [0.25, 0.3) is 6.01 Å². The first-order valence-corrected chi connectivity index (χ1v) is 4.57. The summed E-state index contributed by atoms with van der Waals surface area (Å²) in [5, 5.41) is 0. The average Bonchev–Trinajstić information content (AvgIpc) is 2.52. The van der Waals surface area contributed by atoms with Crippen LogP contribution in [0.25, 0.3) is 0 Å². The van der Waals surface area contributed by atoms with Crippen LogP contribution in [0.4, 0.5) is 10.4 Å². The van der Waals surface area contributed by atoms with Crippen LogP contribution in [0, 0.1) is 6.92 Å². The van der Waals surface area contributed by atoms with Crippen molar-refractivity contribution < 1.29 is 8.81 Å². The van der Waals surface area contributed by atoms with E-state index in [2.05, 4.69) is 4.98 Å². The molecule has 2 heterocycles. The van der Waals surface area contributed by atoms with Crippen LogP contribution in [-0.4, -0.2) is 24.2 Å². The van der Waals surface area contributed by atoms with Crippen LogP contribution >= 0.6 is 0 Å². The van der Waals surface area contributed by atoms with E-state index in [0.717, 1.165) is 18.7 Å². The van der Waals surface area contributed by atoms with E-state index >= 15 is 0 Å². The summed E-state index contributed by atoms with van der Waals surface area (Å²) < 4.78 is 18.2. The number of aryl methyl sites for hydroxylation is 1. The summed E-state index contributed by atoms with van der Waals surface area (Å²) >= 11 is 0. The van der Waals surface area contributed by atoms with Crippen molar-refractivity contribution >= 4 is 6.01 Å². The van der Waals surface area contributed by atoms with Gasteiger partial charge in [0.05, 0.1) is 12.2 Å². The van der Waals surface area contributed by atoms with E-state index in [4.69, 9.17) is 4.42 Å². The number of piperidine rings is 1. The third-order valence-corrected chi connectivity index (χ3v) is 2.24. The van der Waals surface area contributed by atoms with Gasteiger partial charge in [-0.3, -0.25) is 0 Å². The van der Waals surface area contributed by atoms with Gasteiger partial charge >= 0.3 is 0 Å². The molecule has 1 aliphatic heterocycles. The molecule has 72 valence electrons. The van der Waals surface area contributed by atoms with E-state index < -0.39 is 6.17 Å². The molecule has 0 amide bonds. The lowest BCUT2D eigenvalue weighted by Crippen LogP contribution is -2.36. The number of anilines is 1. The first kappa shape index (κ1) is 8.53. The summed E-state index contributed by atoms with van der Waals surface area (Å²) in [5.74, 6) is 0. The molecule has 3 nitrogen and oxygen atoms in total. The first-order chi connectivity index (χ1) is 6.25. The molecular weight excluding hydrogens is 171 g/mol. The molecule has 0 aromatic carbocycles. The van der Waals surface area contributed by atoms with Gasteiger partial charge in [-0.05, 0) is 19.8 Å². The van der Waals surface area contributed by atoms with E-state index in [-0.39, 0.29) is 0 Å². The number of alkyl halides is 1. The zero-order valence-corrected chi connectivity index (χ0v) is 7.66. The van der Waals surface area contributed by atoms with E-state index in [0.29, 0.717) is 19.0 Å². The van der Waals surface area contributed by atoms with E-state index in [1.807, 2.05) is 11.8 Å². The number of rotatable bonds is 1. The zero-order chi connectivity index (χ0) is 9.26. The predicted molar refractivity (Wildman–Crippen MR) is 47.6 cm³/mol. The first-order valence-electron chi connectivity index (χ1n) is 4.57. The lowest BCUT2D eigenvalue weighted by atomic mass is 10.1. The lowest BCUT2D eigenvalue weighted by molar-refractivity contribution is 0.280. The Labute approximate surface area is 76.6 Å². The molecular formula is C9H13FN2O. The maximum Gasteiger partial charge on any atom is 0.297 e. The van der Waals surface area contributed by atoms with E-state index in [1.165, 1.54) is 0 Å². The standard InChI is InChI=1S/C9H13FN2O/c1-7-6-13-9(11-7)12-4-2-3-8(10)5-12/h6,8H,2-5H2,1H3. The van der Waals surface area contributed by atoms with Gasteiger partial charge in [-0.2, -0.15) is 4.98 Å². The van der Waals surface area contributed by atoms with Crippen molar-refractivity contribution in [1.29, 1.82) is 0 Å². The van der Waals surface area contributed by atoms with Crippen molar-refractivity contribution in [2.24, 2.45) is 0 Å². The molecule has 1 aromatic rings. The maximum atomic E-state index is 13.0. The largest absolute Gasteiger partial charge is 0.432 e. The minimum absolute atomic E-state index is 0.417. The molecule has 1 fully saturated rings. The van der Waals surface area contributed by atoms with Crippen LogP contribution in [-0.2, 0) is 0 Å². The van der Waals surface area contributed by atoms with Gasteiger partial charge in [0.15, 0.2) is 0 Å². The highest BCUT2D eigenvalue weighted by molar-refractivity contribution is 5.27. The Kier molecular flexibility index (Phi) is 2.20. The van der Waals surface area contributed by atoms with Crippen LogP contribution in [0.15, 0.2) is 10.7 Å². The summed E-state index contributed by atoms with van der Waals surface area (Å²) in [6, 6.07) is 0.555. The molecule has 13 heavy (non-hydrogen) atoms. The Hall–Kier alpha value is -1.06. The zero-order valence-electron chi connectivity index (χ0n) is 7.66. The average molecular weight is 184 g/mol. The molecule has 4 heteroatoms. The minimum Gasteiger partial charge on any atom is -0.432 e. The Bertz CT molecular complexity index is 287. The van der Waals surface area contributed by atoms with E-state index in [1.54, 1.807) is 6.26 Å². The Morgan fingerprint density at radius 3 is 3.15 bits per heavy atom. The molecule has 1 aromatic heterocycles. The number of halogens is 1. The molecule has 0 saturated carbocycles. The third kappa shape index (κ3) is 1.82. The van der Waals surface area contributed by atoms with Crippen LogP contribution < -0.4 is 4.90 Å². The molecule has 0 aliphatic carbocycles. The number of hydrogen-bond donors (Lipinski definition) is 0. The predicted octanol–water partition coefficient (Wildman–Crippen LogP) is 1.92. The summed E-state index contributed by atoms with van der Waals surface area (Å²) in [6.45, 7) is 3.13. The maximum absolute atomic E-state index is 13.0. The molecule has 0 N–H and O–H groups in total. The fraction of sp³-hybridized carbons (Fsp3) is 0.667. The highest BCUT2D eigenvalue weighted by Crippen LogP contribution is 2.20. The van der Waals surface area contributed by atoms with Gasteiger partial charge in [-0.25, -0.2) is 4.39 Å². The quantitative estimate of drug-likeness (QED) is 0.667. The Morgan fingerprint density at radius 2 is 2.54 bits per heavy atom.